The summed E-state index contributed by atoms with van der Waals surface area (Å²) in [5.41, 5.74) is 1.16. The summed E-state index contributed by atoms with van der Waals surface area (Å²) in [6, 6.07) is 18.6. The van der Waals surface area contributed by atoms with Crippen LogP contribution in [0.2, 0.25) is 0 Å². The number of thiocarbonyl (C=S) groups is 1. The highest BCUT2D eigenvalue weighted by Gasteiger charge is 2.62. The molecule has 2 aliphatic rings. The van der Waals surface area contributed by atoms with Gasteiger partial charge in [-0.15, -0.1) is 13.2 Å². The molecule has 0 spiro atoms. The number of benzene rings is 2. The summed E-state index contributed by atoms with van der Waals surface area (Å²) < 4.78 is 18.3. The van der Waals surface area contributed by atoms with Crippen LogP contribution in [-0.4, -0.2) is 34.9 Å². The number of piperidine rings is 1. The molecule has 0 unspecified atom stereocenters. The third-order valence-electron chi connectivity index (χ3n) is 7.93. The zero-order valence-electron chi connectivity index (χ0n) is 22.0. The van der Waals surface area contributed by atoms with Crippen LogP contribution < -0.4 is 4.74 Å². The van der Waals surface area contributed by atoms with E-state index in [4.69, 9.17) is 26.4 Å². The van der Waals surface area contributed by atoms with Crippen LogP contribution in [0.15, 0.2) is 79.9 Å². The van der Waals surface area contributed by atoms with Crippen molar-refractivity contribution in [3.05, 3.63) is 91.0 Å². The Balaban J connectivity index is 1.61. The first kappa shape index (κ1) is 26.6. The minimum absolute atomic E-state index is 0.0198. The van der Waals surface area contributed by atoms with E-state index in [0.717, 1.165) is 35.6 Å². The minimum atomic E-state index is -0.457. The second-order valence-corrected chi connectivity index (χ2v) is 11.1. The monoisotopic (exact) mass is 505 g/mol. The van der Waals surface area contributed by atoms with Crippen molar-refractivity contribution in [3.8, 4) is 5.75 Å². The Labute approximate surface area is 221 Å². The molecule has 4 nitrogen and oxygen atoms in total. The van der Waals surface area contributed by atoms with Crippen molar-refractivity contribution in [2.45, 2.75) is 64.0 Å². The van der Waals surface area contributed by atoms with Gasteiger partial charge in [-0.2, -0.15) is 0 Å². The first-order chi connectivity index (χ1) is 17.2. The van der Waals surface area contributed by atoms with Crippen molar-refractivity contribution in [2.75, 3.05) is 13.7 Å². The Morgan fingerprint density at radius 3 is 2.39 bits per heavy atom. The maximum Gasteiger partial charge on any atom is 0.140 e. The lowest BCUT2D eigenvalue weighted by molar-refractivity contribution is -0.122. The Morgan fingerprint density at radius 1 is 1.08 bits per heavy atom. The fourth-order valence-corrected chi connectivity index (χ4v) is 6.80. The maximum absolute atomic E-state index is 6.77. The van der Waals surface area contributed by atoms with Crippen molar-refractivity contribution in [2.24, 2.45) is 11.3 Å². The van der Waals surface area contributed by atoms with E-state index in [-0.39, 0.29) is 23.0 Å². The van der Waals surface area contributed by atoms with Gasteiger partial charge in [0.1, 0.15) is 11.5 Å². The van der Waals surface area contributed by atoms with E-state index in [1.54, 1.807) is 7.11 Å². The van der Waals surface area contributed by atoms with Gasteiger partial charge in [0.15, 0.2) is 0 Å². The van der Waals surface area contributed by atoms with E-state index in [9.17, 15) is 0 Å². The summed E-state index contributed by atoms with van der Waals surface area (Å²) in [4.78, 5) is 3.30. The summed E-state index contributed by atoms with van der Waals surface area (Å²) in [6.45, 7) is 15.9. The molecule has 4 atom stereocenters. The van der Waals surface area contributed by atoms with Crippen LogP contribution in [0, 0.1) is 11.3 Å². The average Bonchev–Trinajstić information content (AvgIpc) is 3.10. The number of ether oxygens (including phenoxy) is 3. The van der Waals surface area contributed by atoms with Crippen molar-refractivity contribution in [1.82, 2.24) is 4.90 Å². The second kappa shape index (κ2) is 10.5. The van der Waals surface area contributed by atoms with Gasteiger partial charge in [-0.05, 0) is 63.3 Å². The number of allylic oxidation sites excluding steroid dienone is 1. The molecule has 2 aliphatic heterocycles. The predicted molar refractivity (Wildman–Crippen MR) is 150 cm³/mol. The van der Waals surface area contributed by atoms with Gasteiger partial charge in [-0.25, -0.2) is 0 Å². The van der Waals surface area contributed by atoms with Crippen LogP contribution in [0.4, 0.5) is 0 Å². The number of fused-ring (bicyclic) bond motifs is 1. The molecule has 5 heteroatoms. The van der Waals surface area contributed by atoms with Gasteiger partial charge < -0.3 is 19.1 Å². The van der Waals surface area contributed by atoms with Crippen LogP contribution in [0.3, 0.4) is 0 Å². The zero-order chi connectivity index (χ0) is 26.0. The highest BCUT2D eigenvalue weighted by Crippen LogP contribution is 2.58. The summed E-state index contributed by atoms with van der Waals surface area (Å²) in [5.74, 6) is 0.887. The van der Waals surface area contributed by atoms with Gasteiger partial charge >= 0.3 is 0 Å². The van der Waals surface area contributed by atoms with Crippen molar-refractivity contribution in [1.29, 1.82) is 0 Å². The van der Waals surface area contributed by atoms with Crippen molar-refractivity contribution < 1.29 is 14.2 Å². The molecule has 36 heavy (non-hydrogen) atoms. The van der Waals surface area contributed by atoms with Gasteiger partial charge in [0.05, 0.1) is 37.0 Å². The van der Waals surface area contributed by atoms with Crippen LogP contribution in [-0.2, 0) is 16.1 Å². The average molecular weight is 506 g/mol. The molecule has 2 fully saturated rings. The van der Waals surface area contributed by atoms with Gasteiger partial charge in [0.25, 0.3) is 0 Å². The molecule has 0 bridgehead atoms. The molecule has 0 saturated carbocycles. The van der Waals surface area contributed by atoms with Crippen LogP contribution >= 0.6 is 12.2 Å². The van der Waals surface area contributed by atoms with E-state index in [2.05, 4.69) is 69.2 Å². The van der Waals surface area contributed by atoms with Crippen molar-refractivity contribution >= 4 is 17.2 Å². The van der Waals surface area contributed by atoms with Gasteiger partial charge in [0.2, 0.25) is 0 Å². The first-order valence-electron chi connectivity index (χ1n) is 12.7. The van der Waals surface area contributed by atoms with E-state index < -0.39 is 5.72 Å². The quantitative estimate of drug-likeness (QED) is 0.250. The lowest BCUT2D eigenvalue weighted by Gasteiger charge is -2.53. The maximum atomic E-state index is 6.77. The summed E-state index contributed by atoms with van der Waals surface area (Å²) in [7, 11) is 1.67. The minimum Gasteiger partial charge on any atom is -0.497 e. The third-order valence-corrected chi connectivity index (χ3v) is 8.54. The molecule has 0 radical (unpaired) electrons. The molecule has 192 valence electrons. The van der Waals surface area contributed by atoms with Gasteiger partial charge in [-0.1, -0.05) is 66.8 Å². The Hall–Kier alpha value is -2.47. The molecule has 2 heterocycles. The topological polar surface area (TPSA) is 30.9 Å². The van der Waals surface area contributed by atoms with Crippen molar-refractivity contribution in [3.63, 3.8) is 0 Å². The lowest BCUT2D eigenvalue weighted by Crippen LogP contribution is -2.59. The fourth-order valence-electron chi connectivity index (χ4n) is 6.17. The second-order valence-electron chi connectivity index (χ2n) is 10.7. The third kappa shape index (κ3) is 4.77. The van der Waals surface area contributed by atoms with E-state index in [1.165, 1.54) is 5.56 Å². The highest BCUT2D eigenvalue weighted by atomic mass is 32.1. The smallest absolute Gasteiger partial charge is 0.140 e. The largest absolute Gasteiger partial charge is 0.497 e. The highest BCUT2D eigenvalue weighted by molar-refractivity contribution is 7.80. The zero-order valence-corrected chi connectivity index (χ0v) is 22.9. The predicted octanol–water partition coefficient (Wildman–Crippen LogP) is 7.27. The van der Waals surface area contributed by atoms with Gasteiger partial charge in [0, 0.05) is 11.3 Å². The number of hydrogen-bond acceptors (Lipinski definition) is 4. The normalized spacial score (nSPS) is 27.8. The lowest BCUT2D eigenvalue weighted by atomic mass is 9.65. The first-order valence-corrected chi connectivity index (χ1v) is 13.1. The fraction of sp³-hybridized carbons (Fsp3) is 0.452. The molecule has 4 rings (SSSR count). The van der Waals surface area contributed by atoms with Gasteiger partial charge in [-0.3, -0.25) is 0 Å². The molecule has 0 aromatic heterocycles. The molecule has 2 saturated heterocycles. The number of hydrogen-bond donors (Lipinski definition) is 0. The summed E-state index contributed by atoms with van der Waals surface area (Å²) in [6.07, 6.45) is 6.55. The molecular formula is C31H39NO3S. The molecule has 0 amide bonds. The molecular weight excluding hydrogens is 466 g/mol. The van der Waals surface area contributed by atoms with Crippen LogP contribution in [0.5, 0.6) is 5.75 Å². The SMILES string of the molecule is C=CC[C@]1([C@H](C=C)COCc2ccc(OC)cc2)CC[C@]2(C)OC(C)(C)[C@@H](c3ccccc3)N2C1=S. The summed E-state index contributed by atoms with van der Waals surface area (Å²) in [5, 5.41) is 0. The number of nitrogens with zero attached hydrogens (tertiary/aromatic N) is 1. The van der Waals surface area contributed by atoms with E-state index in [1.807, 2.05) is 36.4 Å². The van der Waals surface area contributed by atoms with Crippen LogP contribution in [0.25, 0.3) is 0 Å². The number of methoxy groups -OCH3 is 1. The standard InChI is InChI=1S/C31H39NO3S/c1-7-18-31(25(8-2)22-34-21-23-14-16-26(33-6)17-15-23)20-19-30(5)32(28(31)36)27(29(3,4)35-30)24-12-10-9-11-13-24/h7-17,25,27H,1-2,18-22H2,3-6H3/t25-,27-,30+,31-/m1/s1. The molecule has 0 N–H and O–H groups in total. The number of rotatable bonds is 10. The Bertz CT molecular complexity index is 1080. The Morgan fingerprint density at radius 2 is 1.78 bits per heavy atom. The Kier molecular flexibility index (Phi) is 7.75. The van der Waals surface area contributed by atoms with Crippen LogP contribution in [0.1, 0.15) is 57.2 Å². The molecule has 2 aromatic carbocycles. The van der Waals surface area contributed by atoms with E-state index in [0.29, 0.717) is 13.2 Å². The van der Waals surface area contributed by atoms with E-state index >= 15 is 0 Å². The molecule has 2 aromatic rings. The molecule has 0 aliphatic carbocycles. The summed E-state index contributed by atoms with van der Waals surface area (Å²) >= 11 is 6.39.